The zero-order chi connectivity index (χ0) is 32.4. The number of rotatable bonds is 15. The standard InChI is InChI=1S/C35H34Br2FN3O4S/c36-27-12-6-24(7-13-27)22-35(34(43)41-39-18-21-46-23-25-8-14-28(38)15-9-25)32(30-4-1-2-5-31(30)37)45-33(40-35)26-10-16-29(17-11-26)44-20-3-19-42/h1-2,4-17,32,39,42H,3,18-23H2,(H,41,43)/t32-,35-/m0/s1. The molecule has 11 heteroatoms. The molecule has 0 saturated heterocycles. The minimum Gasteiger partial charge on any atom is -0.494 e. The number of aliphatic hydroxyl groups is 1. The average Bonchev–Trinajstić information content (AvgIpc) is 3.45. The van der Waals surface area contributed by atoms with Crippen molar-refractivity contribution in [3.63, 3.8) is 0 Å². The van der Waals surface area contributed by atoms with Crippen LogP contribution in [-0.4, -0.2) is 48.0 Å². The summed E-state index contributed by atoms with van der Waals surface area (Å²) < 4.78 is 27.3. The van der Waals surface area contributed by atoms with E-state index < -0.39 is 11.6 Å². The quantitative estimate of drug-likeness (QED) is 0.0878. The Morgan fingerprint density at radius 3 is 2.41 bits per heavy atom. The number of carbonyl (C=O) groups excluding carboxylic acids is 1. The molecule has 1 amide bonds. The van der Waals surface area contributed by atoms with Gasteiger partial charge in [0.2, 0.25) is 5.90 Å². The lowest BCUT2D eigenvalue weighted by atomic mass is 9.82. The topological polar surface area (TPSA) is 92.2 Å². The third-order valence-electron chi connectivity index (χ3n) is 7.36. The molecule has 0 fully saturated rings. The van der Waals surface area contributed by atoms with Gasteiger partial charge in [-0.15, -0.1) is 0 Å². The van der Waals surface area contributed by atoms with Crippen LogP contribution in [0.5, 0.6) is 5.75 Å². The van der Waals surface area contributed by atoms with Crippen molar-refractivity contribution in [1.29, 1.82) is 0 Å². The highest BCUT2D eigenvalue weighted by Gasteiger charge is 2.53. The fourth-order valence-corrected chi connectivity index (χ4v) is 6.58. The number of hydrogen-bond donors (Lipinski definition) is 3. The first-order chi connectivity index (χ1) is 22.4. The van der Waals surface area contributed by atoms with E-state index in [1.54, 1.807) is 23.9 Å². The highest BCUT2D eigenvalue weighted by atomic mass is 79.9. The maximum atomic E-state index is 14.3. The van der Waals surface area contributed by atoms with Crippen molar-refractivity contribution < 1.29 is 23.8 Å². The number of hydrazine groups is 1. The molecular formula is C35H34Br2FN3O4S. The van der Waals surface area contributed by atoms with Crippen LogP contribution >= 0.6 is 43.6 Å². The summed E-state index contributed by atoms with van der Waals surface area (Å²) in [6, 6.07) is 29.4. The van der Waals surface area contributed by atoms with Crippen LogP contribution in [0.15, 0.2) is 111 Å². The molecule has 0 saturated carbocycles. The first-order valence-electron chi connectivity index (χ1n) is 14.8. The number of carbonyl (C=O) groups is 1. The van der Waals surface area contributed by atoms with Gasteiger partial charge in [0.25, 0.3) is 5.91 Å². The van der Waals surface area contributed by atoms with Crippen molar-refractivity contribution >= 4 is 55.4 Å². The summed E-state index contributed by atoms with van der Waals surface area (Å²) in [5.41, 5.74) is 8.14. The van der Waals surface area contributed by atoms with Gasteiger partial charge in [-0.25, -0.2) is 14.8 Å². The molecule has 1 heterocycles. The lowest BCUT2D eigenvalue weighted by molar-refractivity contribution is -0.130. The Kier molecular flexibility index (Phi) is 12.3. The van der Waals surface area contributed by atoms with Gasteiger partial charge in [0.1, 0.15) is 11.6 Å². The monoisotopic (exact) mass is 769 g/mol. The molecule has 1 aliphatic heterocycles. The molecule has 0 radical (unpaired) electrons. The SMILES string of the molecule is O=C(NNCCSCc1ccc(F)cc1)[C@@]1(Cc2ccc(Br)cc2)N=C(c2ccc(OCCCO)cc2)O[C@H]1c1ccccc1Br. The molecule has 0 bridgehead atoms. The number of halogens is 3. The minimum absolute atomic E-state index is 0.0609. The van der Waals surface area contributed by atoms with E-state index in [0.29, 0.717) is 36.8 Å². The van der Waals surface area contributed by atoms with Gasteiger partial charge in [0.15, 0.2) is 11.6 Å². The van der Waals surface area contributed by atoms with E-state index in [1.165, 1.54) is 12.1 Å². The number of nitrogens with zero attached hydrogens (tertiary/aromatic N) is 1. The lowest BCUT2D eigenvalue weighted by Crippen LogP contribution is -2.54. The average molecular weight is 772 g/mol. The normalized spacial score (nSPS) is 17.3. The third kappa shape index (κ3) is 8.77. The zero-order valence-corrected chi connectivity index (χ0v) is 28.9. The number of hydrogen-bond acceptors (Lipinski definition) is 7. The summed E-state index contributed by atoms with van der Waals surface area (Å²) >= 11 is 8.87. The molecule has 4 aromatic rings. The number of amides is 1. The Balaban J connectivity index is 1.40. The van der Waals surface area contributed by atoms with E-state index >= 15 is 0 Å². The van der Waals surface area contributed by atoms with Gasteiger partial charge in [-0.2, -0.15) is 11.8 Å². The second-order valence-corrected chi connectivity index (χ2v) is 13.5. The van der Waals surface area contributed by atoms with Crippen molar-refractivity contribution in [1.82, 2.24) is 10.9 Å². The zero-order valence-electron chi connectivity index (χ0n) is 24.9. The summed E-state index contributed by atoms with van der Waals surface area (Å²) in [5, 5.41) is 9.06. The van der Waals surface area contributed by atoms with Gasteiger partial charge in [0, 0.05) is 57.6 Å². The molecule has 0 unspecified atom stereocenters. The Morgan fingerprint density at radius 1 is 0.978 bits per heavy atom. The third-order valence-corrected chi connectivity index (χ3v) is 9.64. The van der Waals surface area contributed by atoms with Crippen LogP contribution in [-0.2, 0) is 21.7 Å². The van der Waals surface area contributed by atoms with Gasteiger partial charge in [0.05, 0.1) is 6.61 Å². The number of thioether (sulfide) groups is 1. The summed E-state index contributed by atoms with van der Waals surface area (Å²) in [7, 11) is 0. The molecule has 0 aromatic heterocycles. The molecule has 46 heavy (non-hydrogen) atoms. The van der Waals surface area contributed by atoms with E-state index in [2.05, 4.69) is 42.7 Å². The number of aliphatic imine (C=N–C) groups is 1. The van der Waals surface area contributed by atoms with Crippen LogP contribution < -0.4 is 15.6 Å². The highest BCUT2D eigenvalue weighted by molar-refractivity contribution is 9.10. The Labute approximate surface area is 289 Å². The van der Waals surface area contributed by atoms with E-state index in [4.69, 9.17) is 19.6 Å². The summed E-state index contributed by atoms with van der Waals surface area (Å²) in [4.78, 5) is 19.4. The van der Waals surface area contributed by atoms with Crippen molar-refractivity contribution in [2.45, 2.75) is 30.2 Å². The lowest BCUT2D eigenvalue weighted by Gasteiger charge is -2.31. The first-order valence-corrected chi connectivity index (χ1v) is 17.6. The molecule has 7 nitrogen and oxygen atoms in total. The fraction of sp³-hybridized carbons (Fsp3) is 0.257. The van der Waals surface area contributed by atoms with Crippen LogP contribution in [0, 0.1) is 5.82 Å². The molecule has 1 aliphatic rings. The Bertz CT molecular complexity index is 1620. The number of benzene rings is 4. The second-order valence-electron chi connectivity index (χ2n) is 10.7. The van der Waals surface area contributed by atoms with Crippen LogP contribution in [0.1, 0.15) is 34.8 Å². The van der Waals surface area contributed by atoms with E-state index in [-0.39, 0.29) is 24.8 Å². The molecule has 0 aliphatic carbocycles. The van der Waals surface area contributed by atoms with Gasteiger partial charge in [-0.3, -0.25) is 10.2 Å². The van der Waals surface area contributed by atoms with Crippen molar-refractivity contribution in [2.24, 2.45) is 4.99 Å². The molecule has 4 aromatic carbocycles. The molecular weight excluding hydrogens is 737 g/mol. The number of nitrogens with one attached hydrogen (secondary N) is 2. The summed E-state index contributed by atoms with van der Waals surface area (Å²) in [5.74, 6) is 1.91. The Morgan fingerprint density at radius 2 is 1.70 bits per heavy atom. The maximum Gasteiger partial charge on any atom is 0.266 e. The van der Waals surface area contributed by atoms with Crippen LogP contribution in [0.3, 0.4) is 0 Å². The van der Waals surface area contributed by atoms with E-state index in [1.807, 2.05) is 72.8 Å². The maximum absolute atomic E-state index is 14.3. The first kappa shape index (κ1) is 34.1. The molecule has 0 spiro atoms. The van der Waals surface area contributed by atoms with E-state index in [9.17, 15) is 9.18 Å². The largest absolute Gasteiger partial charge is 0.494 e. The highest BCUT2D eigenvalue weighted by Crippen LogP contribution is 2.44. The molecule has 240 valence electrons. The number of ether oxygens (including phenoxy) is 2. The van der Waals surface area contributed by atoms with Gasteiger partial charge in [-0.05, 0) is 65.7 Å². The fourth-order valence-electron chi connectivity index (χ4n) is 5.01. The second kappa shape index (κ2) is 16.6. The number of aliphatic hydroxyl groups excluding tert-OH is 1. The smallest absolute Gasteiger partial charge is 0.266 e. The van der Waals surface area contributed by atoms with Crippen molar-refractivity contribution in [3.8, 4) is 5.75 Å². The van der Waals surface area contributed by atoms with E-state index in [0.717, 1.165) is 37.1 Å². The van der Waals surface area contributed by atoms with Crippen LogP contribution in [0.4, 0.5) is 4.39 Å². The summed E-state index contributed by atoms with van der Waals surface area (Å²) in [6.07, 6.45) is 0.0852. The van der Waals surface area contributed by atoms with Crippen molar-refractivity contribution in [2.75, 3.05) is 25.5 Å². The summed E-state index contributed by atoms with van der Waals surface area (Å²) in [6.45, 7) is 0.984. The predicted molar refractivity (Wildman–Crippen MR) is 187 cm³/mol. The molecule has 3 N–H and O–H groups in total. The molecule has 2 atom stereocenters. The van der Waals surface area contributed by atoms with Gasteiger partial charge < -0.3 is 14.6 Å². The van der Waals surface area contributed by atoms with Gasteiger partial charge in [-0.1, -0.05) is 74.3 Å². The molecule has 5 rings (SSSR count). The minimum atomic E-state index is -1.35. The van der Waals surface area contributed by atoms with Crippen LogP contribution in [0.2, 0.25) is 0 Å². The predicted octanol–water partition coefficient (Wildman–Crippen LogP) is 7.17. The van der Waals surface area contributed by atoms with Gasteiger partial charge >= 0.3 is 0 Å². The Hall–Kier alpha value is -3.22. The van der Waals surface area contributed by atoms with Crippen LogP contribution in [0.25, 0.3) is 0 Å². The van der Waals surface area contributed by atoms with Crippen molar-refractivity contribution in [3.05, 3.63) is 134 Å².